The van der Waals surface area contributed by atoms with Gasteiger partial charge in [-0.3, -0.25) is 15.6 Å². The lowest BCUT2D eigenvalue weighted by molar-refractivity contribution is 0.0697. The van der Waals surface area contributed by atoms with Crippen LogP contribution in [0.5, 0.6) is 5.75 Å². The minimum absolute atomic E-state index is 0.207. The number of H-pyrrole nitrogens is 1. The summed E-state index contributed by atoms with van der Waals surface area (Å²) in [6.07, 6.45) is 0.807. The molecule has 4 rings (SSSR count). The van der Waals surface area contributed by atoms with E-state index in [9.17, 15) is 14.7 Å². The summed E-state index contributed by atoms with van der Waals surface area (Å²) in [7, 11) is 0. The van der Waals surface area contributed by atoms with Gasteiger partial charge in [0.05, 0.1) is 17.7 Å². The highest BCUT2D eigenvalue weighted by molar-refractivity contribution is 5.89. The molecule has 9 heteroatoms. The second-order valence-electron chi connectivity index (χ2n) is 6.46. The number of nitrogens with zero attached hydrogens (tertiary/aromatic N) is 1. The van der Waals surface area contributed by atoms with Crippen molar-refractivity contribution in [3.05, 3.63) is 58.4 Å². The lowest BCUT2D eigenvalue weighted by atomic mass is 10.0. The first kappa shape index (κ1) is 18.5. The molecule has 0 amide bonds. The van der Waals surface area contributed by atoms with Crippen LogP contribution >= 0.6 is 0 Å². The van der Waals surface area contributed by atoms with Crippen LogP contribution in [0, 0.1) is 0 Å². The first-order valence-corrected chi connectivity index (χ1v) is 9.09. The highest BCUT2D eigenvalue weighted by Crippen LogP contribution is 2.34. The predicted octanol–water partition coefficient (Wildman–Crippen LogP) is 2.85. The van der Waals surface area contributed by atoms with E-state index < -0.39 is 5.97 Å². The number of fused-ring (bicyclic) bond motifs is 1. The van der Waals surface area contributed by atoms with Gasteiger partial charge in [-0.2, -0.15) is 0 Å². The summed E-state index contributed by atoms with van der Waals surface area (Å²) in [5, 5.41) is 9.24. The molecule has 1 aliphatic rings. The van der Waals surface area contributed by atoms with Crippen LogP contribution in [0.25, 0.3) is 22.5 Å². The lowest BCUT2D eigenvalue weighted by Crippen LogP contribution is -2.21. The maximum absolute atomic E-state index is 12.3. The van der Waals surface area contributed by atoms with Gasteiger partial charge in [-0.1, -0.05) is 25.1 Å². The fourth-order valence-corrected chi connectivity index (χ4v) is 3.02. The molecule has 148 valence electrons. The zero-order chi connectivity index (χ0) is 20.4. The number of hydrazine groups is 2. The van der Waals surface area contributed by atoms with Crippen LogP contribution in [0.15, 0.2) is 47.3 Å². The molecule has 0 radical (unpaired) electrons. The van der Waals surface area contributed by atoms with E-state index in [4.69, 9.17) is 4.74 Å². The number of aromatic amines is 1. The van der Waals surface area contributed by atoms with Crippen molar-refractivity contribution in [3.8, 4) is 28.3 Å². The molecule has 0 spiro atoms. The smallest absolute Gasteiger partial charge is 0.335 e. The predicted molar refractivity (Wildman–Crippen MR) is 109 cm³/mol. The molecule has 0 atom stereocenters. The summed E-state index contributed by atoms with van der Waals surface area (Å²) in [6.45, 7) is 2.48. The van der Waals surface area contributed by atoms with Crippen LogP contribution in [0.3, 0.4) is 0 Å². The summed E-state index contributed by atoms with van der Waals surface area (Å²) >= 11 is 0. The zero-order valence-corrected chi connectivity index (χ0v) is 15.6. The van der Waals surface area contributed by atoms with Gasteiger partial charge in [0.2, 0.25) is 0 Å². The van der Waals surface area contributed by atoms with Gasteiger partial charge < -0.3 is 14.8 Å². The van der Waals surface area contributed by atoms with Gasteiger partial charge in [0.15, 0.2) is 11.5 Å². The van der Waals surface area contributed by atoms with Crippen molar-refractivity contribution in [1.82, 2.24) is 15.5 Å². The Bertz CT molecular complexity index is 1140. The van der Waals surface area contributed by atoms with Gasteiger partial charge in [0.1, 0.15) is 11.6 Å². The number of ether oxygens (including phenoxy) is 1. The van der Waals surface area contributed by atoms with Gasteiger partial charge in [-0.05, 0) is 41.8 Å². The molecule has 0 aliphatic carbocycles. The molecule has 0 saturated carbocycles. The number of carboxylic acid groups (broad SMARTS) is 1. The van der Waals surface area contributed by atoms with E-state index in [-0.39, 0.29) is 11.1 Å². The van der Waals surface area contributed by atoms with Crippen LogP contribution in [-0.2, 0) is 0 Å². The summed E-state index contributed by atoms with van der Waals surface area (Å²) in [6, 6.07) is 12.1. The Balaban J connectivity index is 1.80. The zero-order valence-electron chi connectivity index (χ0n) is 15.6. The summed E-state index contributed by atoms with van der Waals surface area (Å²) in [4.78, 5) is 30.8. The van der Waals surface area contributed by atoms with E-state index in [0.29, 0.717) is 35.2 Å². The van der Waals surface area contributed by atoms with Crippen molar-refractivity contribution in [3.63, 3.8) is 0 Å². The van der Waals surface area contributed by atoms with E-state index in [1.54, 1.807) is 24.3 Å². The molecule has 29 heavy (non-hydrogen) atoms. The Morgan fingerprint density at radius 1 is 1.14 bits per heavy atom. The number of hydrogen-bond acceptors (Lipinski definition) is 7. The van der Waals surface area contributed by atoms with Gasteiger partial charge >= 0.3 is 5.97 Å². The standard InChI is InChI=1S/C20H19N5O4/c1-2-8-29-15-10-12(11-4-3-5-13(9-11)20(27)28)6-7-14(15)17-21-18-16(19(26)22-17)23-25-24-18/h3-7,9-10,23,25H,2,8H2,1H3,(H,27,28)(H2,21,22,24,26). The first-order valence-electron chi connectivity index (χ1n) is 9.09. The van der Waals surface area contributed by atoms with Gasteiger partial charge in [-0.15, -0.1) is 5.53 Å². The third-order valence-electron chi connectivity index (χ3n) is 4.43. The number of nitrogens with one attached hydrogen (secondary N) is 4. The SMILES string of the molecule is CCCOc1cc(-c2cccc(C(=O)O)c2)ccc1-c1nc2c(c(=O)[nH]1)NNN2. The Hall–Kier alpha value is -3.85. The second-order valence-corrected chi connectivity index (χ2v) is 6.46. The molecule has 0 saturated heterocycles. The molecule has 2 aromatic carbocycles. The van der Waals surface area contributed by atoms with Crippen molar-refractivity contribution in [1.29, 1.82) is 0 Å². The lowest BCUT2D eigenvalue weighted by Gasteiger charge is -2.13. The first-order chi connectivity index (χ1) is 14.1. The third kappa shape index (κ3) is 3.63. The van der Waals surface area contributed by atoms with E-state index in [0.717, 1.165) is 17.5 Å². The average molecular weight is 393 g/mol. The topological polar surface area (TPSA) is 128 Å². The molecule has 1 aromatic heterocycles. The summed E-state index contributed by atoms with van der Waals surface area (Å²) < 4.78 is 5.91. The Morgan fingerprint density at radius 2 is 1.97 bits per heavy atom. The maximum Gasteiger partial charge on any atom is 0.335 e. The molecule has 0 fully saturated rings. The molecule has 3 aromatic rings. The van der Waals surface area contributed by atoms with Crippen molar-refractivity contribution in [2.24, 2.45) is 0 Å². The highest BCUT2D eigenvalue weighted by Gasteiger charge is 2.19. The monoisotopic (exact) mass is 393 g/mol. The van der Waals surface area contributed by atoms with E-state index in [2.05, 4.69) is 26.4 Å². The Morgan fingerprint density at radius 3 is 2.76 bits per heavy atom. The number of benzene rings is 2. The number of carbonyl (C=O) groups is 1. The summed E-state index contributed by atoms with van der Waals surface area (Å²) in [5.74, 6) is 0.319. The van der Waals surface area contributed by atoms with Crippen molar-refractivity contribution >= 4 is 17.5 Å². The molecule has 9 nitrogen and oxygen atoms in total. The molecule has 5 N–H and O–H groups in total. The van der Waals surface area contributed by atoms with Gasteiger partial charge in [0, 0.05) is 0 Å². The number of rotatable bonds is 6. The molecule has 0 bridgehead atoms. The van der Waals surface area contributed by atoms with Crippen LogP contribution in [0.1, 0.15) is 23.7 Å². The van der Waals surface area contributed by atoms with Crippen LogP contribution < -0.4 is 26.7 Å². The third-order valence-corrected chi connectivity index (χ3v) is 4.43. The van der Waals surface area contributed by atoms with E-state index >= 15 is 0 Å². The van der Waals surface area contributed by atoms with Gasteiger partial charge in [-0.25, -0.2) is 9.78 Å². The van der Waals surface area contributed by atoms with Crippen LogP contribution in [0.4, 0.5) is 11.5 Å². The van der Waals surface area contributed by atoms with Gasteiger partial charge in [0.25, 0.3) is 5.56 Å². The van der Waals surface area contributed by atoms with Crippen molar-refractivity contribution in [2.45, 2.75) is 13.3 Å². The van der Waals surface area contributed by atoms with Crippen molar-refractivity contribution in [2.75, 3.05) is 17.5 Å². The molecule has 2 heterocycles. The summed E-state index contributed by atoms with van der Waals surface area (Å²) in [5.41, 5.74) is 10.5. The average Bonchev–Trinajstić information content (AvgIpc) is 3.21. The Kier molecular flexibility index (Phi) is 4.88. The molecule has 1 aliphatic heterocycles. The fraction of sp³-hybridized carbons (Fsp3) is 0.150. The molecular formula is C20H19N5O4. The van der Waals surface area contributed by atoms with E-state index in [1.807, 2.05) is 25.1 Å². The van der Waals surface area contributed by atoms with E-state index in [1.165, 1.54) is 0 Å². The minimum Gasteiger partial charge on any atom is -0.493 e. The maximum atomic E-state index is 12.3. The van der Waals surface area contributed by atoms with Crippen molar-refractivity contribution < 1.29 is 14.6 Å². The minimum atomic E-state index is -0.986. The Labute approximate surface area is 165 Å². The quantitative estimate of drug-likeness (QED) is 0.432. The molecular weight excluding hydrogens is 374 g/mol. The molecule has 0 unspecified atom stereocenters. The van der Waals surface area contributed by atoms with Crippen LogP contribution in [0.2, 0.25) is 0 Å². The number of hydrogen-bond donors (Lipinski definition) is 5. The van der Waals surface area contributed by atoms with Crippen LogP contribution in [-0.4, -0.2) is 27.7 Å². The fourth-order valence-electron chi connectivity index (χ4n) is 3.02. The second kappa shape index (κ2) is 7.64. The number of carboxylic acids is 1. The number of aromatic carboxylic acids is 1. The normalized spacial score (nSPS) is 12.0. The largest absolute Gasteiger partial charge is 0.493 e. The number of aromatic nitrogens is 2. The highest BCUT2D eigenvalue weighted by atomic mass is 16.5. The number of anilines is 2.